The summed E-state index contributed by atoms with van der Waals surface area (Å²) in [6, 6.07) is 5.76. The van der Waals surface area contributed by atoms with Crippen molar-refractivity contribution in [3.63, 3.8) is 0 Å². The maximum Gasteiger partial charge on any atom is 0.0548 e. The highest BCUT2D eigenvalue weighted by Crippen LogP contribution is 2.26. The van der Waals surface area contributed by atoms with Gasteiger partial charge in [0.15, 0.2) is 0 Å². The molecule has 1 aromatic rings. The van der Waals surface area contributed by atoms with E-state index in [-0.39, 0.29) is 5.92 Å². The van der Waals surface area contributed by atoms with Gasteiger partial charge in [0.2, 0.25) is 0 Å². The zero-order valence-electron chi connectivity index (χ0n) is 6.56. The SMILES string of the molecule is [CH2]C(C=C)c1ccc(Cl)c(Br)c1. The summed E-state index contributed by atoms with van der Waals surface area (Å²) in [4.78, 5) is 0. The second kappa shape index (κ2) is 4.11. The van der Waals surface area contributed by atoms with Gasteiger partial charge < -0.3 is 0 Å². The number of hydrogen-bond acceptors (Lipinski definition) is 0. The fourth-order valence-corrected chi connectivity index (χ4v) is 1.39. The van der Waals surface area contributed by atoms with Crippen LogP contribution in [-0.4, -0.2) is 0 Å². The van der Waals surface area contributed by atoms with Crippen LogP contribution in [0.2, 0.25) is 5.02 Å². The van der Waals surface area contributed by atoms with E-state index in [1.54, 1.807) is 6.08 Å². The predicted octanol–water partition coefficient (Wildman–Crippen LogP) is 4.21. The first-order valence-corrected chi connectivity index (χ1v) is 4.73. The van der Waals surface area contributed by atoms with Gasteiger partial charge in [0.25, 0.3) is 0 Å². The molecule has 63 valence electrons. The van der Waals surface area contributed by atoms with E-state index in [9.17, 15) is 0 Å². The van der Waals surface area contributed by atoms with Gasteiger partial charge in [0.05, 0.1) is 5.02 Å². The standard InChI is InChI=1S/C10H9BrCl/c1-3-7(2)8-4-5-10(12)9(11)6-8/h3-7H,1-2H2. The first-order valence-electron chi connectivity index (χ1n) is 3.55. The van der Waals surface area contributed by atoms with Crippen LogP contribution in [0.4, 0.5) is 0 Å². The van der Waals surface area contributed by atoms with Gasteiger partial charge in [0, 0.05) is 10.4 Å². The summed E-state index contributed by atoms with van der Waals surface area (Å²) in [6.07, 6.45) is 1.80. The number of hydrogen-bond donors (Lipinski definition) is 0. The maximum atomic E-state index is 5.84. The van der Waals surface area contributed by atoms with Gasteiger partial charge in [-0.2, -0.15) is 0 Å². The largest absolute Gasteiger partial charge is 0.102 e. The number of rotatable bonds is 2. The Labute approximate surface area is 86.4 Å². The van der Waals surface area contributed by atoms with E-state index < -0.39 is 0 Å². The van der Waals surface area contributed by atoms with Crippen molar-refractivity contribution >= 4 is 27.5 Å². The minimum Gasteiger partial charge on any atom is -0.102 e. The van der Waals surface area contributed by atoms with Crippen molar-refractivity contribution in [3.8, 4) is 0 Å². The first kappa shape index (κ1) is 9.82. The van der Waals surface area contributed by atoms with Crippen molar-refractivity contribution in [2.45, 2.75) is 5.92 Å². The summed E-state index contributed by atoms with van der Waals surface area (Å²) < 4.78 is 0.900. The molecule has 1 unspecified atom stereocenters. The summed E-state index contributed by atoms with van der Waals surface area (Å²) in [6.45, 7) is 7.59. The molecule has 12 heavy (non-hydrogen) atoms. The molecule has 0 spiro atoms. The zero-order valence-corrected chi connectivity index (χ0v) is 8.90. The van der Waals surface area contributed by atoms with Gasteiger partial charge in [0.1, 0.15) is 0 Å². The van der Waals surface area contributed by atoms with Crippen LogP contribution >= 0.6 is 27.5 Å². The molecule has 0 saturated heterocycles. The molecule has 0 N–H and O–H groups in total. The Hall–Kier alpha value is -0.270. The smallest absolute Gasteiger partial charge is 0.0548 e. The number of halogens is 2. The molecule has 2 heteroatoms. The molecule has 0 aliphatic heterocycles. The molecule has 0 aliphatic rings. The van der Waals surface area contributed by atoms with Crippen molar-refractivity contribution in [1.29, 1.82) is 0 Å². The Morgan fingerprint density at radius 1 is 1.50 bits per heavy atom. The zero-order chi connectivity index (χ0) is 9.14. The van der Waals surface area contributed by atoms with Crippen LogP contribution in [0.1, 0.15) is 11.5 Å². The molecule has 0 heterocycles. The van der Waals surface area contributed by atoms with Crippen LogP contribution in [-0.2, 0) is 0 Å². The van der Waals surface area contributed by atoms with Crippen molar-refractivity contribution in [2.75, 3.05) is 0 Å². The van der Waals surface area contributed by atoms with Crippen LogP contribution in [0.25, 0.3) is 0 Å². The van der Waals surface area contributed by atoms with Crippen molar-refractivity contribution in [1.82, 2.24) is 0 Å². The third kappa shape index (κ3) is 2.11. The second-order valence-electron chi connectivity index (χ2n) is 2.52. The van der Waals surface area contributed by atoms with Crippen molar-refractivity contribution < 1.29 is 0 Å². The maximum absolute atomic E-state index is 5.84. The third-order valence-corrected chi connectivity index (χ3v) is 2.87. The van der Waals surface area contributed by atoms with E-state index in [2.05, 4.69) is 29.4 Å². The summed E-state index contributed by atoms with van der Waals surface area (Å²) >= 11 is 9.18. The molecule has 0 bridgehead atoms. The second-order valence-corrected chi connectivity index (χ2v) is 3.78. The Kier molecular flexibility index (Phi) is 3.36. The first-order chi connectivity index (χ1) is 5.65. The van der Waals surface area contributed by atoms with E-state index in [0.29, 0.717) is 0 Å². The minimum atomic E-state index is 0.124. The van der Waals surface area contributed by atoms with Crippen molar-refractivity contribution in [2.24, 2.45) is 0 Å². The quantitative estimate of drug-likeness (QED) is 0.684. The van der Waals surface area contributed by atoms with Gasteiger partial charge in [-0.05, 0) is 40.5 Å². The lowest BCUT2D eigenvalue weighted by Crippen LogP contribution is -1.88. The average Bonchev–Trinajstić information content (AvgIpc) is 2.08. The highest BCUT2D eigenvalue weighted by molar-refractivity contribution is 9.10. The summed E-state index contributed by atoms with van der Waals surface area (Å²) in [5.74, 6) is 0.124. The van der Waals surface area contributed by atoms with Crippen LogP contribution in [0.3, 0.4) is 0 Å². The number of benzene rings is 1. The Morgan fingerprint density at radius 3 is 2.67 bits per heavy atom. The summed E-state index contributed by atoms with van der Waals surface area (Å²) in [7, 11) is 0. The molecule has 1 atom stereocenters. The van der Waals surface area contributed by atoms with Gasteiger partial charge in [-0.25, -0.2) is 0 Å². The van der Waals surface area contributed by atoms with Gasteiger partial charge in [-0.3, -0.25) is 0 Å². The Bertz CT molecular complexity index is 294. The van der Waals surface area contributed by atoms with Crippen LogP contribution in [0.5, 0.6) is 0 Å². The lowest BCUT2D eigenvalue weighted by Gasteiger charge is -2.06. The molecular formula is C10H9BrCl. The Morgan fingerprint density at radius 2 is 2.17 bits per heavy atom. The van der Waals surface area contributed by atoms with Crippen LogP contribution < -0.4 is 0 Å². The molecule has 0 amide bonds. The molecule has 0 nitrogen and oxygen atoms in total. The topological polar surface area (TPSA) is 0 Å². The lowest BCUT2D eigenvalue weighted by molar-refractivity contribution is 1.08. The van der Waals surface area contributed by atoms with Crippen molar-refractivity contribution in [3.05, 3.63) is 52.8 Å². The molecular weight excluding hydrogens is 235 g/mol. The van der Waals surface area contributed by atoms with Gasteiger partial charge in [-0.1, -0.05) is 23.7 Å². The van der Waals surface area contributed by atoms with E-state index in [4.69, 9.17) is 11.6 Å². The van der Waals surface area contributed by atoms with Gasteiger partial charge >= 0.3 is 0 Å². The summed E-state index contributed by atoms with van der Waals surface area (Å²) in [5, 5.41) is 0.718. The molecule has 0 aromatic heterocycles. The fraction of sp³-hybridized carbons (Fsp3) is 0.100. The van der Waals surface area contributed by atoms with E-state index in [0.717, 1.165) is 15.1 Å². The highest BCUT2D eigenvalue weighted by Gasteiger charge is 2.03. The van der Waals surface area contributed by atoms with E-state index in [1.165, 1.54) is 0 Å². The fourth-order valence-electron chi connectivity index (χ4n) is 0.879. The third-order valence-electron chi connectivity index (χ3n) is 1.66. The van der Waals surface area contributed by atoms with E-state index >= 15 is 0 Å². The number of allylic oxidation sites excluding steroid dienone is 1. The predicted molar refractivity (Wildman–Crippen MR) is 57.4 cm³/mol. The molecule has 0 fully saturated rings. The molecule has 0 aliphatic carbocycles. The molecule has 1 rings (SSSR count). The summed E-state index contributed by atoms with van der Waals surface area (Å²) in [5.41, 5.74) is 1.11. The van der Waals surface area contributed by atoms with E-state index in [1.807, 2.05) is 18.2 Å². The Balaban J connectivity index is 3.04. The minimum absolute atomic E-state index is 0.124. The molecule has 1 aromatic carbocycles. The molecule has 1 radical (unpaired) electrons. The van der Waals surface area contributed by atoms with Crippen LogP contribution in [0, 0.1) is 6.92 Å². The lowest BCUT2D eigenvalue weighted by atomic mass is 10.0. The van der Waals surface area contributed by atoms with Crippen LogP contribution in [0.15, 0.2) is 35.3 Å². The molecule has 0 saturated carbocycles. The van der Waals surface area contributed by atoms with Gasteiger partial charge in [-0.15, -0.1) is 6.58 Å². The monoisotopic (exact) mass is 243 g/mol. The average molecular weight is 245 g/mol. The highest BCUT2D eigenvalue weighted by atomic mass is 79.9. The normalized spacial score (nSPS) is 12.6.